The molecule has 0 radical (unpaired) electrons. The molecule has 2 aliphatic heterocycles. The summed E-state index contributed by atoms with van der Waals surface area (Å²) >= 11 is 0. The Balaban J connectivity index is 1.50. The van der Waals surface area contributed by atoms with Crippen molar-refractivity contribution < 1.29 is 13.6 Å². The number of rotatable bonds is 4. The van der Waals surface area contributed by atoms with Crippen molar-refractivity contribution in [2.75, 3.05) is 42.7 Å². The zero-order valence-electron chi connectivity index (χ0n) is 15.8. The Morgan fingerprint density at radius 2 is 2.04 bits per heavy atom. The van der Waals surface area contributed by atoms with Gasteiger partial charge in [-0.2, -0.15) is 0 Å². The van der Waals surface area contributed by atoms with Crippen molar-refractivity contribution in [3.05, 3.63) is 59.8 Å². The zero-order valence-corrected chi connectivity index (χ0v) is 15.8. The van der Waals surface area contributed by atoms with Gasteiger partial charge in [0.2, 0.25) is 0 Å². The summed E-state index contributed by atoms with van der Waals surface area (Å²) in [5.41, 5.74) is 2.56. The molecule has 1 unspecified atom stereocenters. The van der Waals surface area contributed by atoms with Gasteiger partial charge in [-0.05, 0) is 56.9 Å². The first kappa shape index (κ1) is 18.4. The Labute approximate surface area is 162 Å². The maximum Gasteiger partial charge on any atom is 0.257 e. The molecule has 2 N–H and O–H groups in total. The summed E-state index contributed by atoms with van der Waals surface area (Å²) in [6.45, 7) is 1.62. The highest BCUT2D eigenvalue weighted by atomic mass is 19.1. The van der Waals surface area contributed by atoms with E-state index in [1.54, 1.807) is 18.2 Å². The second-order valence-electron chi connectivity index (χ2n) is 7.36. The molecule has 2 heterocycles. The monoisotopic (exact) mass is 384 g/mol. The van der Waals surface area contributed by atoms with Crippen LogP contribution in [0, 0.1) is 11.6 Å². The van der Waals surface area contributed by atoms with Gasteiger partial charge in [-0.3, -0.25) is 4.79 Å². The fraction of sp³-hybridized carbons (Fsp3) is 0.286. The number of nitrogens with one attached hydrogen (secondary N) is 2. The summed E-state index contributed by atoms with van der Waals surface area (Å²) in [5.74, 6) is -1.04. The first-order valence-corrected chi connectivity index (χ1v) is 9.21. The highest BCUT2D eigenvalue weighted by molar-refractivity contribution is 6.31. The smallest absolute Gasteiger partial charge is 0.257 e. The van der Waals surface area contributed by atoms with E-state index in [0.29, 0.717) is 34.2 Å². The lowest BCUT2D eigenvalue weighted by Gasteiger charge is -2.22. The Bertz CT molecular complexity index is 957. The number of carbonyl (C=O) groups is 1. The van der Waals surface area contributed by atoms with Gasteiger partial charge in [-0.15, -0.1) is 0 Å². The molecule has 1 atom stereocenters. The van der Waals surface area contributed by atoms with E-state index in [1.165, 1.54) is 24.4 Å². The van der Waals surface area contributed by atoms with Gasteiger partial charge in [0.15, 0.2) is 0 Å². The summed E-state index contributed by atoms with van der Waals surface area (Å²) in [7, 11) is 4.08. The Hall–Kier alpha value is -2.93. The molecule has 0 saturated carbocycles. The van der Waals surface area contributed by atoms with Crippen molar-refractivity contribution in [2.24, 2.45) is 0 Å². The minimum atomic E-state index is -0.413. The number of anilines is 3. The van der Waals surface area contributed by atoms with Crippen LogP contribution < -0.4 is 15.5 Å². The van der Waals surface area contributed by atoms with Gasteiger partial charge in [0.25, 0.3) is 5.91 Å². The van der Waals surface area contributed by atoms with Crippen LogP contribution in [0.3, 0.4) is 0 Å². The third kappa shape index (κ3) is 3.45. The second kappa shape index (κ2) is 7.24. The minimum absolute atomic E-state index is 0.304. The van der Waals surface area contributed by atoms with Crippen LogP contribution in [-0.2, 0) is 4.79 Å². The Morgan fingerprint density at radius 3 is 2.75 bits per heavy atom. The van der Waals surface area contributed by atoms with E-state index in [2.05, 4.69) is 20.4 Å². The molecule has 5 nitrogen and oxygen atoms in total. The lowest BCUT2D eigenvalue weighted by Crippen LogP contribution is -2.31. The fourth-order valence-electron chi connectivity index (χ4n) is 3.70. The summed E-state index contributed by atoms with van der Waals surface area (Å²) in [6.07, 6.45) is 2.53. The maximum absolute atomic E-state index is 14.7. The normalized spacial score (nSPS) is 20.0. The molecule has 2 aromatic rings. The first-order chi connectivity index (χ1) is 13.4. The Kier molecular flexibility index (Phi) is 4.77. The van der Waals surface area contributed by atoms with Crippen LogP contribution in [0.15, 0.2) is 42.6 Å². The standard InChI is InChI=1S/C21H22F2N4O/c1-26(2)15-7-8-27(12-15)20-6-4-14(10-18(20)23)24-11-17-16-5-3-13(22)9-19(16)25-21(17)28/h3-6,9-11,15,24H,7-8,12H2,1-2H3,(H,25,28)/b17-11-. The van der Waals surface area contributed by atoms with E-state index in [1.807, 2.05) is 14.1 Å². The van der Waals surface area contributed by atoms with Crippen LogP contribution in [0.4, 0.5) is 25.8 Å². The molecule has 2 aliphatic rings. The number of fused-ring (bicyclic) bond motifs is 1. The van der Waals surface area contributed by atoms with Gasteiger partial charge < -0.3 is 20.4 Å². The quantitative estimate of drug-likeness (QED) is 0.792. The van der Waals surface area contributed by atoms with Gasteiger partial charge in [-0.1, -0.05) is 0 Å². The number of halogens is 2. The van der Waals surface area contributed by atoms with Crippen molar-refractivity contribution in [2.45, 2.75) is 12.5 Å². The number of hydrogen-bond donors (Lipinski definition) is 2. The highest BCUT2D eigenvalue weighted by Crippen LogP contribution is 2.32. The summed E-state index contributed by atoms with van der Waals surface area (Å²) < 4.78 is 28.0. The van der Waals surface area contributed by atoms with E-state index in [0.717, 1.165) is 19.5 Å². The van der Waals surface area contributed by atoms with E-state index < -0.39 is 5.82 Å². The van der Waals surface area contributed by atoms with E-state index in [4.69, 9.17) is 0 Å². The number of hydrogen-bond acceptors (Lipinski definition) is 4. The van der Waals surface area contributed by atoms with E-state index in [-0.39, 0.29) is 11.7 Å². The van der Waals surface area contributed by atoms with Crippen LogP contribution in [0.2, 0.25) is 0 Å². The van der Waals surface area contributed by atoms with Crippen molar-refractivity contribution in [3.8, 4) is 0 Å². The van der Waals surface area contributed by atoms with Crippen molar-refractivity contribution >= 4 is 28.5 Å². The van der Waals surface area contributed by atoms with Crippen LogP contribution in [0.1, 0.15) is 12.0 Å². The molecular formula is C21H22F2N4O. The number of likely N-dealkylation sites (N-methyl/N-ethyl adjacent to an activating group) is 1. The molecule has 0 aliphatic carbocycles. The second-order valence-corrected chi connectivity index (χ2v) is 7.36. The predicted octanol–water partition coefficient (Wildman–Crippen LogP) is 3.51. The average Bonchev–Trinajstić information content (AvgIpc) is 3.24. The van der Waals surface area contributed by atoms with Gasteiger partial charge in [0.1, 0.15) is 11.6 Å². The van der Waals surface area contributed by atoms with Crippen LogP contribution in [0.25, 0.3) is 5.57 Å². The van der Waals surface area contributed by atoms with Crippen LogP contribution in [0.5, 0.6) is 0 Å². The topological polar surface area (TPSA) is 47.6 Å². The first-order valence-electron chi connectivity index (χ1n) is 9.21. The zero-order chi connectivity index (χ0) is 19.8. The third-order valence-corrected chi connectivity index (χ3v) is 5.33. The van der Waals surface area contributed by atoms with Crippen molar-refractivity contribution in [3.63, 3.8) is 0 Å². The third-order valence-electron chi connectivity index (χ3n) is 5.33. The summed E-state index contributed by atoms with van der Waals surface area (Å²) in [4.78, 5) is 16.3. The van der Waals surface area contributed by atoms with Crippen LogP contribution in [-0.4, -0.2) is 44.0 Å². The fourth-order valence-corrected chi connectivity index (χ4v) is 3.70. The lowest BCUT2D eigenvalue weighted by atomic mass is 10.1. The molecule has 1 fully saturated rings. The van der Waals surface area contributed by atoms with E-state index >= 15 is 0 Å². The molecule has 7 heteroatoms. The molecule has 0 bridgehead atoms. The highest BCUT2D eigenvalue weighted by Gasteiger charge is 2.26. The molecule has 0 aromatic heterocycles. The average molecular weight is 384 g/mol. The molecule has 0 spiro atoms. The number of carbonyl (C=O) groups excluding carboxylic acids is 1. The molecule has 1 amide bonds. The summed E-state index contributed by atoms with van der Waals surface area (Å²) in [6, 6.07) is 9.52. The summed E-state index contributed by atoms with van der Waals surface area (Å²) in [5, 5.41) is 5.60. The molecule has 2 aromatic carbocycles. The molecular weight excluding hydrogens is 362 g/mol. The molecule has 1 saturated heterocycles. The van der Waals surface area contributed by atoms with Gasteiger partial charge >= 0.3 is 0 Å². The molecule has 4 rings (SSSR count). The van der Waals surface area contributed by atoms with Crippen LogP contribution >= 0.6 is 0 Å². The number of benzene rings is 2. The van der Waals surface area contributed by atoms with E-state index in [9.17, 15) is 13.6 Å². The molecule has 146 valence electrons. The molecule has 28 heavy (non-hydrogen) atoms. The largest absolute Gasteiger partial charge is 0.368 e. The SMILES string of the molecule is CN(C)C1CCN(c2ccc(N/C=C3\C(=O)Nc4cc(F)ccc43)cc2F)C1. The van der Waals surface area contributed by atoms with Crippen molar-refractivity contribution in [1.82, 2.24) is 4.90 Å². The van der Waals surface area contributed by atoms with Gasteiger partial charge in [-0.25, -0.2) is 8.78 Å². The number of amides is 1. The van der Waals surface area contributed by atoms with Gasteiger partial charge in [0, 0.05) is 36.6 Å². The maximum atomic E-state index is 14.7. The van der Waals surface area contributed by atoms with Gasteiger partial charge in [0.05, 0.1) is 16.9 Å². The predicted molar refractivity (Wildman–Crippen MR) is 107 cm³/mol. The Morgan fingerprint density at radius 1 is 1.21 bits per heavy atom. The lowest BCUT2D eigenvalue weighted by molar-refractivity contribution is -0.110. The minimum Gasteiger partial charge on any atom is -0.368 e. The van der Waals surface area contributed by atoms with Crippen molar-refractivity contribution in [1.29, 1.82) is 0 Å². The number of nitrogens with zero attached hydrogens (tertiary/aromatic N) is 2.